The van der Waals surface area contributed by atoms with E-state index in [1.54, 1.807) is 11.9 Å². The minimum absolute atomic E-state index is 0.0169. The molecule has 1 amide bonds. The first kappa shape index (κ1) is 13.4. The summed E-state index contributed by atoms with van der Waals surface area (Å²) in [5.74, 6) is -0.244. The minimum atomic E-state index is -0.955. The van der Waals surface area contributed by atoms with Crippen LogP contribution in [0.4, 0.5) is 0 Å². The van der Waals surface area contributed by atoms with Crippen LogP contribution in [-0.4, -0.2) is 47.3 Å². The lowest BCUT2D eigenvalue weighted by Crippen LogP contribution is -2.37. The average Bonchev–Trinajstić information content (AvgIpc) is 2.21. The predicted octanol–water partition coefficient (Wildman–Crippen LogP) is 0.378. The zero-order valence-corrected chi connectivity index (χ0v) is 9.07. The number of likely N-dealkylation sites (N-methyl/N-ethyl adjacent to an activating group) is 1. The maximum absolute atomic E-state index is 11.4. The van der Waals surface area contributed by atoms with Crippen LogP contribution in [-0.2, 0) is 4.79 Å². The molecule has 0 aromatic heterocycles. The molecule has 2 N–H and O–H groups in total. The summed E-state index contributed by atoms with van der Waals surface area (Å²) < 4.78 is 0. The molecule has 4 nitrogen and oxygen atoms in total. The molecule has 4 heteroatoms. The van der Waals surface area contributed by atoms with Crippen molar-refractivity contribution >= 4 is 5.91 Å². The minimum Gasteiger partial charge on any atom is -0.396 e. The quantitative estimate of drug-likeness (QED) is 0.629. The molecule has 1 atom stereocenters. The van der Waals surface area contributed by atoms with E-state index in [4.69, 9.17) is 5.11 Å². The summed E-state index contributed by atoms with van der Waals surface area (Å²) in [7, 11) is 1.69. The van der Waals surface area contributed by atoms with Gasteiger partial charge in [-0.25, -0.2) is 0 Å². The lowest BCUT2D eigenvalue weighted by Gasteiger charge is -2.20. The van der Waals surface area contributed by atoms with Crippen molar-refractivity contribution in [3.63, 3.8) is 0 Å². The molecule has 0 rings (SSSR count). The summed E-state index contributed by atoms with van der Waals surface area (Å²) in [5.41, 5.74) is 0. The van der Waals surface area contributed by atoms with Gasteiger partial charge in [0, 0.05) is 20.2 Å². The predicted molar refractivity (Wildman–Crippen MR) is 54.9 cm³/mol. The van der Waals surface area contributed by atoms with Crippen molar-refractivity contribution in [2.24, 2.45) is 0 Å². The Morgan fingerprint density at radius 2 is 2.07 bits per heavy atom. The molecule has 1 unspecified atom stereocenters. The van der Waals surface area contributed by atoms with Crippen LogP contribution in [0.15, 0.2) is 0 Å². The van der Waals surface area contributed by atoms with E-state index in [1.807, 2.05) is 0 Å². The summed E-state index contributed by atoms with van der Waals surface area (Å²) in [6, 6.07) is 0. The molecule has 0 aromatic carbocycles. The highest BCUT2D eigenvalue weighted by atomic mass is 16.3. The van der Waals surface area contributed by atoms with Crippen LogP contribution in [0.1, 0.15) is 32.6 Å². The van der Waals surface area contributed by atoms with Crippen LogP contribution in [0, 0.1) is 0 Å². The third-order valence-corrected chi connectivity index (χ3v) is 2.14. The van der Waals surface area contributed by atoms with Crippen LogP contribution < -0.4 is 0 Å². The lowest BCUT2D eigenvalue weighted by atomic mass is 10.2. The Kier molecular flexibility index (Phi) is 7.42. The van der Waals surface area contributed by atoms with Crippen molar-refractivity contribution in [3.8, 4) is 0 Å². The van der Waals surface area contributed by atoms with Crippen LogP contribution >= 0.6 is 0 Å². The smallest absolute Gasteiger partial charge is 0.251 e. The van der Waals surface area contributed by atoms with Crippen LogP contribution in [0.25, 0.3) is 0 Å². The third-order valence-electron chi connectivity index (χ3n) is 2.14. The summed E-state index contributed by atoms with van der Waals surface area (Å²) in [6.07, 6.45) is 1.84. The van der Waals surface area contributed by atoms with Gasteiger partial charge in [0.15, 0.2) is 0 Å². The molecule has 0 aliphatic rings. The van der Waals surface area contributed by atoms with Crippen molar-refractivity contribution in [3.05, 3.63) is 0 Å². The van der Waals surface area contributed by atoms with E-state index in [2.05, 4.69) is 6.92 Å². The number of hydrogen-bond donors (Lipinski definition) is 2. The SMILES string of the molecule is CCCCN(C)C(=O)C(O)CCCO. The average molecular weight is 203 g/mol. The van der Waals surface area contributed by atoms with Gasteiger partial charge >= 0.3 is 0 Å². The monoisotopic (exact) mass is 203 g/mol. The number of aliphatic hydroxyl groups excluding tert-OH is 2. The highest BCUT2D eigenvalue weighted by Gasteiger charge is 2.17. The van der Waals surface area contributed by atoms with E-state index < -0.39 is 6.10 Å². The molecule has 0 aromatic rings. The van der Waals surface area contributed by atoms with E-state index in [0.29, 0.717) is 19.4 Å². The van der Waals surface area contributed by atoms with Crippen molar-refractivity contribution < 1.29 is 15.0 Å². The summed E-state index contributed by atoms with van der Waals surface area (Å²) >= 11 is 0. The van der Waals surface area contributed by atoms with Gasteiger partial charge in [0.05, 0.1) is 0 Å². The van der Waals surface area contributed by atoms with Crippen LogP contribution in [0.3, 0.4) is 0 Å². The standard InChI is InChI=1S/C10H21NO3/c1-3-4-7-11(2)10(14)9(13)6-5-8-12/h9,12-13H,3-8H2,1-2H3. The fourth-order valence-electron chi connectivity index (χ4n) is 1.17. The molecular weight excluding hydrogens is 182 g/mol. The molecule has 14 heavy (non-hydrogen) atoms. The van der Waals surface area contributed by atoms with Crippen molar-refractivity contribution in [2.45, 2.75) is 38.7 Å². The molecule has 0 radical (unpaired) electrons. The van der Waals surface area contributed by atoms with Gasteiger partial charge in [0.2, 0.25) is 0 Å². The van der Waals surface area contributed by atoms with Gasteiger partial charge < -0.3 is 15.1 Å². The van der Waals surface area contributed by atoms with Gasteiger partial charge in [-0.15, -0.1) is 0 Å². The third kappa shape index (κ3) is 5.19. The largest absolute Gasteiger partial charge is 0.396 e. The van der Waals surface area contributed by atoms with Crippen molar-refractivity contribution in [1.29, 1.82) is 0 Å². The molecule has 0 saturated heterocycles. The van der Waals surface area contributed by atoms with E-state index in [0.717, 1.165) is 12.8 Å². The van der Waals surface area contributed by atoms with E-state index in [-0.39, 0.29) is 12.5 Å². The first-order chi connectivity index (χ1) is 6.63. The fourth-order valence-corrected chi connectivity index (χ4v) is 1.17. The summed E-state index contributed by atoms with van der Waals surface area (Å²) in [6.45, 7) is 2.76. The van der Waals surface area contributed by atoms with Crippen LogP contribution in [0.5, 0.6) is 0 Å². The summed E-state index contributed by atoms with van der Waals surface area (Å²) in [4.78, 5) is 13.0. The molecule has 0 saturated carbocycles. The van der Waals surface area contributed by atoms with E-state index >= 15 is 0 Å². The Labute approximate surface area is 85.5 Å². The zero-order chi connectivity index (χ0) is 11.0. The Balaban J connectivity index is 3.78. The van der Waals surface area contributed by atoms with Gasteiger partial charge in [-0.05, 0) is 19.3 Å². The fraction of sp³-hybridized carbons (Fsp3) is 0.900. The second kappa shape index (κ2) is 7.76. The highest BCUT2D eigenvalue weighted by molar-refractivity contribution is 5.80. The van der Waals surface area contributed by atoms with Gasteiger partial charge in [0.1, 0.15) is 6.10 Å². The van der Waals surface area contributed by atoms with Gasteiger partial charge in [-0.2, -0.15) is 0 Å². The number of hydrogen-bond acceptors (Lipinski definition) is 3. The topological polar surface area (TPSA) is 60.8 Å². The highest BCUT2D eigenvalue weighted by Crippen LogP contribution is 2.02. The maximum atomic E-state index is 11.4. The molecule has 84 valence electrons. The number of carbonyl (C=O) groups excluding carboxylic acids is 1. The number of aliphatic hydroxyl groups is 2. The second-order valence-corrected chi connectivity index (χ2v) is 3.49. The molecule has 0 bridgehead atoms. The van der Waals surface area contributed by atoms with Gasteiger partial charge in [-0.3, -0.25) is 4.79 Å². The maximum Gasteiger partial charge on any atom is 0.251 e. The molecule has 0 aliphatic carbocycles. The molecule has 0 heterocycles. The normalized spacial score (nSPS) is 12.6. The molecule has 0 aliphatic heterocycles. The Bertz CT molecular complexity index is 145. The molecule has 0 fully saturated rings. The van der Waals surface area contributed by atoms with Crippen molar-refractivity contribution in [1.82, 2.24) is 4.90 Å². The molecular formula is C10H21NO3. The second-order valence-electron chi connectivity index (χ2n) is 3.49. The van der Waals surface area contributed by atoms with E-state index in [9.17, 15) is 9.90 Å². The molecule has 0 spiro atoms. The number of nitrogens with zero attached hydrogens (tertiary/aromatic N) is 1. The Hall–Kier alpha value is -0.610. The number of carbonyl (C=O) groups is 1. The zero-order valence-electron chi connectivity index (χ0n) is 9.07. The van der Waals surface area contributed by atoms with Gasteiger partial charge in [-0.1, -0.05) is 13.3 Å². The first-order valence-corrected chi connectivity index (χ1v) is 5.17. The van der Waals surface area contributed by atoms with E-state index in [1.165, 1.54) is 0 Å². The van der Waals surface area contributed by atoms with Crippen molar-refractivity contribution in [2.75, 3.05) is 20.2 Å². The first-order valence-electron chi connectivity index (χ1n) is 5.17. The number of unbranched alkanes of at least 4 members (excludes halogenated alkanes) is 1. The van der Waals surface area contributed by atoms with Crippen LogP contribution in [0.2, 0.25) is 0 Å². The lowest BCUT2D eigenvalue weighted by molar-refractivity contribution is -0.139. The summed E-state index contributed by atoms with van der Waals surface area (Å²) in [5, 5.41) is 18.0. The number of rotatable bonds is 7. The number of amides is 1. The Morgan fingerprint density at radius 1 is 1.43 bits per heavy atom. The van der Waals surface area contributed by atoms with Gasteiger partial charge in [0.25, 0.3) is 5.91 Å². The Morgan fingerprint density at radius 3 is 2.57 bits per heavy atom.